The average molecular weight is 282 g/mol. The standard InChI is InChI=1S/C16H14N2O3/c1-2-11-3-5-13(6-4-11)18-16(20)14(9-17)15(19)12-7-8-21-10-12/h3-8,10,14H,2H2,1H3,(H,18,20). The minimum Gasteiger partial charge on any atom is -0.472 e. The van der Waals surface area contributed by atoms with E-state index in [0.29, 0.717) is 5.69 Å². The summed E-state index contributed by atoms with van der Waals surface area (Å²) in [6.45, 7) is 2.03. The van der Waals surface area contributed by atoms with Gasteiger partial charge in [0.25, 0.3) is 0 Å². The molecule has 1 aromatic carbocycles. The highest BCUT2D eigenvalue weighted by molar-refractivity contribution is 6.15. The van der Waals surface area contributed by atoms with Crippen LogP contribution in [0.1, 0.15) is 22.8 Å². The Morgan fingerprint density at radius 1 is 1.29 bits per heavy atom. The summed E-state index contributed by atoms with van der Waals surface area (Å²) in [4.78, 5) is 24.1. The minimum absolute atomic E-state index is 0.207. The number of furan rings is 1. The van der Waals surface area contributed by atoms with Crippen LogP contribution in [0.3, 0.4) is 0 Å². The van der Waals surface area contributed by atoms with Crippen molar-refractivity contribution in [2.24, 2.45) is 5.92 Å². The monoisotopic (exact) mass is 282 g/mol. The smallest absolute Gasteiger partial charge is 0.249 e. The molecule has 21 heavy (non-hydrogen) atoms. The number of carbonyl (C=O) groups excluding carboxylic acids is 2. The lowest BCUT2D eigenvalue weighted by molar-refractivity contribution is -0.117. The number of Topliss-reactive ketones (excluding diaryl/α,β-unsaturated/α-hetero) is 1. The second-order valence-corrected chi connectivity index (χ2v) is 4.48. The molecule has 5 heteroatoms. The van der Waals surface area contributed by atoms with Crippen molar-refractivity contribution in [2.75, 3.05) is 5.32 Å². The third kappa shape index (κ3) is 3.37. The number of benzene rings is 1. The van der Waals surface area contributed by atoms with Gasteiger partial charge in [0.1, 0.15) is 6.26 Å². The number of rotatable bonds is 5. The van der Waals surface area contributed by atoms with Crippen LogP contribution in [-0.4, -0.2) is 11.7 Å². The number of amides is 1. The van der Waals surface area contributed by atoms with E-state index in [2.05, 4.69) is 5.32 Å². The molecule has 1 atom stereocenters. The van der Waals surface area contributed by atoms with Crippen molar-refractivity contribution in [3.05, 3.63) is 54.0 Å². The van der Waals surface area contributed by atoms with E-state index in [0.717, 1.165) is 12.0 Å². The highest BCUT2D eigenvalue weighted by Gasteiger charge is 2.28. The second-order valence-electron chi connectivity index (χ2n) is 4.48. The number of nitrogens with zero attached hydrogens (tertiary/aromatic N) is 1. The number of hydrogen-bond acceptors (Lipinski definition) is 4. The lowest BCUT2D eigenvalue weighted by Gasteiger charge is -2.09. The fourth-order valence-corrected chi connectivity index (χ4v) is 1.85. The summed E-state index contributed by atoms with van der Waals surface area (Å²) >= 11 is 0. The third-order valence-corrected chi connectivity index (χ3v) is 3.09. The van der Waals surface area contributed by atoms with E-state index in [1.165, 1.54) is 18.6 Å². The van der Waals surface area contributed by atoms with Crippen molar-refractivity contribution < 1.29 is 14.0 Å². The first-order valence-electron chi connectivity index (χ1n) is 6.51. The van der Waals surface area contributed by atoms with E-state index in [9.17, 15) is 9.59 Å². The van der Waals surface area contributed by atoms with Crippen LogP contribution >= 0.6 is 0 Å². The van der Waals surface area contributed by atoms with Gasteiger partial charge in [0.05, 0.1) is 17.9 Å². The summed E-state index contributed by atoms with van der Waals surface area (Å²) in [5, 5.41) is 11.6. The molecule has 0 aliphatic rings. The number of hydrogen-bond donors (Lipinski definition) is 1. The van der Waals surface area contributed by atoms with Crippen molar-refractivity contribution in [3.8, 4) is 6.07 Å². The van der Waals surface area contributed by atoms with Crippen LogP contribution in [0.4, 0.5) is 5.69 Å². The number of aryl methyl sites for hydroxylation is 1. The van der Waals surface area contributed by atoms with Crippen LogP contribution in [-0.2, 0) is 11.2 Å². The van der Waals surface area contributed by atoms with Gasteiger partial charge in [-0.05, 0) is 30.2 Å². The van der Waals surface area contributed by atoms with E-state index in [1.54, 1.807) is 18.2 Å². The summed E-state index contributed by atoms with van der Waals surface area (Å²) in [6, 6.07) is 10.4. The summed E-state index contributed by atoms with van der Waals surface area (Å²) in [5.41, 5.74) is 1.90. The average Bonchev–Trinajstić information content (AvgIpc) is 3.03. The van der Waals surface area contributed by atoms with E-state index in [-0.39, 0.29) is 5.56 Å². The molecule has 2 aromatic rings. The van der Waals surface area contributed by atoms with Gasteiger partial charge in [0, 0.05) is 5.69 Å². The van der Waals surface area contributed by atoms with E-state index < -0.39 is 17.6 Å². The number of ketones is 1. The van der Waals surface area contributed by atoms with Gasteiger partial charge in [0.15, 0.2) is 11.7 Å². The SMILES string of the molecule is CCc1ccc(NC(=O)C(C#N)C(=O)c2ccoc2)cc1. The molecular formula is C16H14N2O3. The second kappa shape index (κ2) is 6.53. The fourth-order valence-electron chi connectivity index (χ4n) is 1.85. The predicted octanol–water partition coefficient (Wildman–Crippen LogP) is 2.80. The van der Waals surface area contributed by atoms with Gasteiger partial charge in [-0.25, -0.2) is 0 Å². The first-order valence-corrected chi connectivity index (χ1v) is 6.51. The Bertz CT molecular complexity index is 667. The molecule has 1 heterocycles. The van der Waals surface area contributed by atoms with E-state index in [1.807, 2.05) is 19.1 Å². The van der Waals surface area contributed by atoms with Gasteiger partial charge in [-0.2, -0.15) is 5.26 Å². The molecule has 5 nitrogen and oxygen atoms in total. The molecular weight excluding hydrogens is 268 g/mol. The molecule has 1 aromatic heterocycles. The predicted molar refractivity (Wildman–Crippen MR) is 76.6 cm³/mol. The van der Waals surface area contributed by atoms with Crippen LogP contribution < -0.4 is 5.32 Å². The summed E-state index contributed by atoms with van der Waals surface area (Å²) in [6.07, 6.45) is 3.44. The quantitative estimate of drug-likeness (QED) is 0.675. The zero-order valence-electron chi connectivity index (χ0n) is 11.5. The lowest BCUT2D eigenvalue weighted by atomic mass is 10.00. The number of carbonyl (C=O) groups is 2. The maximum Gasteiger partial charge on any atom is 0.249 e. The van der Waals surface area contributed by atoms with Crippen LogP contribution in [0.15, 0.2) is 47.3 Å². The Hall–Kier alpha value is -2.87. The van der Waals surface area contributed by atoms with Crippen LogP contribution in [0, 0.1) is 17.2 Å². The maximum atomic E-state index is 12.0. The lowest BCUT2D eigenvalue weighted by Crippen LogP contribution is -2.28. The van der Waals surface area contributed by atoms with Gasteiger partial charge in [0.2, 0.25) is 5.91 Å². The Morgan fingerprint density at radius 2 is 2.00 bits per heavy atom. The Morgan fingerprint density at radius 3 is 2.52 bits per heavy atom. The minimum atomic E-state index is -1.39. The molecule has 0 bridgehead atoms. The third-order valence-electron chi connectivity index (χ3n) is 3.09. The van der Waals surface area contributed by atoms with Crippen LogP contribution in [0.2, 0.25) is 0 Å². The van der Waals surface area contributed by atoms with Gasteiger partial charge in [-0.15, -0.1) is 0 Å². The first-order chi connectivity index (χ1) is 10.2. The molecule has 1 amide bonds. The summed E-state index contributed by atoms with van der Waals surface area (Å²) in [7, 11) is 0. The van der Waals surface area contributed by atoms with Crippen molar-refractivity contribution in [1.82, 2.24) is 0 Å². The van der Waals surface area contributed by atoms with E-state index in [4.69, 9.17) is 9.68 Å². The molecule has 0 aliphatic carbocycles. The van der Waals surface area contributed by atoms with Gasteiger partial charge in [-0.1, -0.05) is 19.1 Å². The number of nitrogens with one attached hydrogen (secondary N) is 1. The Balaban J connectivity index is 2.10. The zero-order valence-corrected chi connectivity index (χ0v) is 11.5. The fraction of sp³-hybridized carbons (Fsp3) is 0.188. The molecule has 0 radical (unpaired) electrons. The van der Waals surface area contributed by atoms with Gasteiger partial charge >= 0.3 is 0 Å². The molecule has 0 saturated heterocycles. The molecule has 0 aliphatic heterocycles. The Kier molecular flexibility index (Phi) is 4.52. The Labute approximate surface area is 122 Å². The van der Waals surface area contributed by atoms with Crippen molar-refractivity contribution in [1.29, 1.82) is 5.26 Å². The molecule has 2 rings (SSSR count). The first kappa shape index (κ1) is 14.5. The summed E-state index contributed by atoms with van der Waals surface area (Å²) in [5.74, 6) is -2.62. The van der Waals surface area contributed by atoms with Gasteiger partial charge < -0.3 is 9.73 Å². The normalized spacial score (nSPS) is 11.4. The number of anilines is 1. The van der Waals surface area contributed by atoms with E-state index >= 15 is 0 Å². The topological polar surface area (TPSA) is 83.1 Å². The summed E-state index contributed by atoms with van der Waals surface area (Å²) < 4.78 is 4.79. The van der Waals surface area contributed by atoms with Crippen LogP contribution in [0.25, 0.3) is 0 Å². The zero-order chi connectivity index (χ0) is 15.2. The highest BCUT2D eigenvalue weighted by Crippen LogP contribution is 2.14. The molecule has 1 unspecified atom stereocenters. The van der Waals surface area contributed by atoms with Crippen LogP contribution in [0.5, 0.6) is 0 Å². The molecule has 0 fully saturated rings. The van der Waals surface area contributed by atoms with Crippen molar-refractivity contribution in [3.63, 3.8) is 0 Å². The molecule has 106 valence electrons. The van der Waals surface area contributed by atoms with Gasteiger partial charge in [-0.3, -0.25) is 9.59 Å². The van der Waals surface area contributed by atoms with Crippen molar-refractivity contribution in [2.45, 2.75) is 13.3 Å². The molecule has 0 spiro atoms. The highest BCUT2D eigenvalue weighted by atomic mass is 16.3. The van der Waals surface area contributed by atoms with Crippen molar-refractivity contribution >= 4 is 17.4 Å². The molecule has 0 saturated carbocycles. The number of nitriles is 1. The molecule has 1 N–H and O–H groups in total. The maximum absolute atomic E-state index is 12.0. The largest absolute Gasteiger partial charge is 0.472 e.